The minimum Gasteiger partial charge on any atom is -0.492 e. The lowest BCUT2D eigenvalue weighted by Gasteiger charge is -2.17. The van der Waals surface area contributed by atoms with E-state index >= 15 is 0 Å². The molecule has 0 aliphatic heterocycles. The summed E-state index contributed by atoms with van der Waals surface area (Å²) in [5.74, 6) is 5.86. The molecule has 600 valence electrons. The van der Waals surface area contributed by atoms with Gasteiger partial charge in [-0.15, -0.1) is 46.4 Å². The molecule has 0 radical (unpaired) electrons. The van der Waals surface area contributed by atoms with Gasteiger partial charge in [-0.05, 0) is 242 Å². The summed E-state index contributed by atoms with van der Waals surface area (Å²) in [6.07, 6.45) is 3.21. The zero-order valence-corrected chi connectivity index (χ0v) is 71.6. The summed E-state index contributed by atoms with van der Waals surface area (Å²) in [6.45, 7) is 6.28. The lowest BCUT2D eigenvalue weighted by atomic mass is 9.88. The van der Waals surface area contributed by atoms with Crippen molar-refractivity contribution in [1.82, 2.24) is 19.6 Å². The Morgan fingerprint density at radius 3 is 0.466 bits per heavy atom. The second-order valence-corrected chi connectivity index (χ2v) is 30.3. The van der Waals surface area contributed by atoms with Gasteiger partial charge >= 0.3 is 0 Å². The third-order valence-electron chi connectivity index (χ3n) is 19.1. The first-order valence-electron chi connectivity index (χ1n) is 39.9. The lowest BCUT2D eigenvalue weighted by Crippen LogP contribution is -2.19. The molecule has 8 nitrogen and oxygen atoms in total. The van der Waals surface area contributed by atoms with Gasteiger partial charge in [0.1, 0.15) is 49.4 Å². The van der Waals surface area contributed by atoms with Crippen LogP contribution in [0.1, 0.15) is 92.4 Å². The monoisotopic (exact) mass is 1620 g/mol. The topological polar surface area (TPSA) is 49.9 Å². The van der Waals surface area contributed by atoms with Crippen LogP contribution in [0.5, 0.6) is 23.0 Å². The third kappa shape index (κ3) is 29.2. The molecular formula is C104H112Cl4N4O4. The lowest BCUT2D eigenvalue weighted by molar-refractivity contribution is 0.261. The highest BCUT2D eigenvalue weighted by atomic mass is 35.5. The Labute approximate surface area is 712 Å². The maximum atomic E-state index is 6.21. The van der Waals surface area contributed by atoms with Gasteiger partial charge in [0.05, 0.1) is 0 Å². The normalized spacial score (nSPS) is 12.0. The van der Waals surface area contributed by atoms with Crippen molar-refractivity contribution in [2.24, 2.45) is 0 Å². The zero-order valence-electron chi connectivity index (χ0n) is 68.6. The predicted molar refractivity (Wildman–Crippen MR) is 499 cm³/mol. The van der Waals surface area contributed by atoms with Crippen LogP contribution in [0.2, 0.25) is 0 Å². The highest BCUT2D eigenvalue weighted by Gasteiger charge is 2.20. The van der Waals surface area contributed by atoms with E-state index in [1.807, 2.05) is 105 Å². The second-order valence-electron chi connectivity index (χ2n) is 28.8. The van der Waals surface area contributed by atoms with E-state index in [4.69, 9.17) is 65.4 Å². The minimum atomic E-state index is 0.576. The molecule has 0 aromatic heterocycles. The van der Waals surface area contributed by atoms with Crippen LogP contribution in [-0.2, 0) is 0 Å². The van der Waals surface area contributed by atoms with Crippen molar-refractivity contribution in [3.8, 4) is 23.0 Å². The molecule has 0 saturated carbocycles. The van der Waals surface area contributed by atoms with Crippen LogP contribution in [-0.4, -0.2) is 152 Å². The van der Waals surface area contributed by atoms with Gasteiger partial charge in [-0.3, -0.25) is 0 Å². The summed E-state index contributed by atoms with van der Waals surface area (Å²) in [4.78, 5) is 8.46. The number of halogens is 4. The molecule has 12 rings (SSSR count). The van der Waals surface area contributed by atoms with Crippen molar-refractivity contribution in [3.63, 3.8) is 0 Å². The van der Waals surface area contributed by atoms with Crippen molar-refractivity contribution in [1.29, 1.82) is 0 Å². The van der Waals surface area contributed by atoms with Crippen molar-refractivity contribution < 1.29 is 18.9 Å². The third-order valence-corrected chi connectivity index (χ3v) is 19.9. The number of alkyl halides is 4. The Hall–Kier alpha value is -10.2. The number of hydrogen-bond acceptors (Lipinski definition) is 8. The van der Waals surface area contributed by atoms with Gasteiger partial charge in [-0.1, -0.05) is 291 Å². The van der Waals surface area contributed by atoms with E-state index in [-0.39, 0.29) is 0 Å². The number of nitrogens with zero attached hydrogens (tertiary/aromatic N) is 4. The molecule has 12 heteroatoms. The highest BCUT2D eigenvalue weighted by Crippen LogP contribution is 2.40. The molecule has 0 aliphatic rings. The van der Waals surface area contributed by atoms with Crippen molar-refractivity contribution in [2.45, 2.75) is 25.7 Å². The molecular weight excluding hydrogens is 1510 g/mol. The molecule has 12 aromatic rings. The van der Waals surface area contributed by atoms with Gasteiger partial charge in [0, 0.05) is 49.7 Å². The Kier molecular flexibility index (Phi) is 38.9. The van der Waals surface area contributed by atoms with Gasteiger partial charge in [0.25, 0.3) is 0 Å². The highest BCUT2D eigenvalue weighted by molar-refractivity contribution is 6.20. The maximum absolute atomic E-state index is 6.21. The van der Waals surface area contributed by atoms with Gasteiger partial charge in [-0.2, -0.15) is 0 Å². The van der Waals surface area contributed by atoms with Gasteiger partial charge < -0.3 is 38.5 Å². The Morgan fingerprint density at radius 1 is 0.190 bits per heavy atom. The molecule has 0 bridgehead atoms. The SMILES string of the molecule is CN(C)CCOc1ccc(/C(=C(/CCCl)c2ccccc2)c2ccccc2)cc1.CN(C)CCOc1ccc(/C(=C(/CCCl)c2ccccc2)c2ccccc2)cc1.CN(C)CCOc1ccc(/C(=C(/CCCl)c2ccccc2)c2ccccc2)cc1.CN(C)CCOc1ccc(/C(=C(/CCCl)c2ccccc2)c2ccccc2)cc1. The second kappa shape index (κ2) is 50.3. The average Bonchev–Trinajstić information content (AvgIpc) is 0.821. The predicted octanol–water partition coefficient (Wildman–Crippen LogP) is 24.9. The van der Waals surface area contributed by atoms with E-state index in [0.29, 0.717) is 49.9 Å². The van der Waals surface area contributed by atoms with Gasteiger partial charge in [0.2, 0.25) is 0 Å². The Morgan fingerprint density at radius 2 is 0.328 bits per heavy atom. The first-order chi connectivity index (χ1) is 56.7. The number of rotatable bonds is 36. The number of ether oxygens (including phenoxy) is 4. The van der Waals surface area contributed by atoms with E-state index in [9.17, 15) is 0 Å². The average molecular weight is 1620 g/mol. The molecule has 116 heavy (non-hydrogen) atoms. The van der Waals surface area contributed by atoms with Crippen LogP contribution in [0.3, 0.4) is 0 Å². The van der Waals surface area contributed by atoms with Crippen LogP contribution in [0.15, 0.2) is 340 Å². The summed E-state index contributed by atoms with van der Waals surface area (Å²) in [5.41, 5.74) is 24.2. The van der Waals surface area contributed by atoms with Gasteiger partial charge in [-0.25, -0.2) is 0 Å². The summed E-state index contributed by atoms with van der Waals surface area (Å²) < 4.78 is 23.5. The van der Waals surface area contributed by atoms with Crippen molar-refractivity contribution in [3.05, 3.63) is 406 Å². The van der Waals surface area contributed by atoms with E-state index in [1.54, 1.807) is 0 Å². The Balaban J connectivity index is 0.000000177. The maximum Gasteiger partial charge on any atom is 0.119 e. The van der Waals surface area contributed by atoms with E-state index in [2.05, 4.69) is 311 Å². The molecule has 0 atom stereocenters. The molecule has 0 aliphatic carbocycles. The molecule has 12 aromatic carbocycles. The summed E-state index contributed by atoms with van der Waals surface area (Å²) >= 11 is 24.9. The number of benzene rings is 12. The van der Waals surface area contributed by atoms with Crippen LogP contribution in [0.25, 0.3) is 44.6 Å². The first-order valence-corrected chi connectivity index (χ1v) is 42.0. The van der Waals surface area contributed by atoms with Crippen LogP contribution in [0.4, 0.5) is 0 Å². The molecule has 0 fully saturated rings. The van der Waals surface area contributed by atoms with Crippen molar-refractivity contribution in [2.75, 3.05) is 133 Å². The summed E-state index contributed by atoms with van der Waals surface area (Å²) in [7, 11) is 16.4. The van der Waals surface area contributed by atoms with Crippen LogP contribution >= 0.6 is 46.4 Å². The fourth-order valence-electron chi connectivity index (χ4n) is 13.3. The summed E-state index contributed by atoms with van der Waals surface area (Å²) in [6, 6.07) is 118. The van der Waals surface area contributed by atoms with Crippen LogP contribution < -0.4 is 18.9 Å². The molecule has 0 unspecified atom stereocenters. The summed E-state index contributed by atoms with van der Waals surface area (Å²) in [5, 5.41) is 0. The zero-order chi connectivity index (χ0) is 81.9. The molecule has 0 saturated heterocycles. The van der Waals surface area contributed by atoms with Crippen LogP contribution in [0, 0.1) is 0 Å². The molecule has 0 N–H and O–H groups in total. The van der Waals surface area contributed by atoms with E-state index in [1.165, 1.54) is 111 Å². The quantitative estimate of drug-likeness (QED) is 0.0284. The fourth-order valence-corrected chi connectivity index (χ4v) is 14.1. The first kappa shape index (κ1) is 89.7. The minimum absolute atomic E-state index is 0.576. The number of allylic oxidation sites excluding steroid dienone is 4. The van der Waals surface area contributed by atoms with Gasteiger partial charge in [0.15, 0.2) is 0 Å². The van der Waals surface area contributed by atoms with E-state index < -0.39 is 0 Å². The fraction of sp³-hybridized carbons (Fsp3) is 0.231. The standard InChI is InChI=1S/4C26H28ClNO/c4*1-28(2)19-20-29-24-15-13-23(14-16-24)26(22-11-7-4-8-12-22)25(17-18-27)21-9-5-3-6-10-21/h4*3-16H,17-20H2,1-2H3/b4*26-25-. The van der Waals surface area contributed by atoms with E-state index in [0.717, 1.165) is 74.9 Å². The smallest absolute Gasteiger partial charge is 0.119 e. The Bertz CT molecular complexity index is 4240. The number of hydrogen-bond donors (Lipinski definition) is 0. The number of likely N-dealkylation sites (N-methyl/N-ethyl adjacent to an activating group) is 4. The molecule has 0 spiro atoms. The molecule has 0 amide bonds. The molecule has 0 heterocycles. The van der Waals surface area contributed by atoms with Crippen molar-refractivity contribution >= 4 is 91.0 Å². The largest absolute Gasteiger partial charge is 0.492 e.